The Hall–Kier alpha value is -0.780. The summed E-state index contributed by atoms with van der Waals surface area (Å²) >= 11 is 0. The van der Waals surface area contributed by atoms with Gasteiger partial charge in [-0.05, 0) is 49.3 Å². The topological polar surface area (TPSA) is 0 Å². The first-order chi connectivity index (χ1) is 6.29. The molecular formula is C13H20. The van der Waals surface area contributed by atoms with Gasteiger partial charge in [0.15, 0.2) is 0 Å². The number of rotatable bonds is 1. The SMILES string of the molecule is CC.Cc1cccc(C)c1C1CC1. The normalized spacial score (nSPS) is 14.8. The summed E-state index contributed by atoms with van der Waals surface area (Å²) in [6, 6.07) is 6.60. The molecule has 1 aliphatic carbocycles. The molecule has 0 amide bonds. The molecule has 2 rings (SSSR count). The van der Waals surface area contributed by atoms with E-state index in [2.05, 4.69) is 32.0 Å². The van der Waals surface area contributed by atoms with Gasteiger partial charge in [-0.25, -0.2) is 0 Å². The minimum absolute atomic E-state index is 0.899. The molecule has 0 heterocycles. The predicted molar refractivity (Wildman–Crippen MR) is 59.2 cm³/mol. The van der Waals surface area contributed by atoms with Crippen LogP contribution in [0, 0.1) is 13.8 Å². The average molecular weight is 176 g/mol. The molecule has 0 heteroatoms. The molecule has 13 heavy (non-hydrogen) atoms. The van der Waals surface area contributed by atoms with Crippen LogP contribution in [0.3, 0.4) is 0 Å². The van der Waals surface area contributed by atoms with Gasteiger partial charge in [0.2, 0.25) is 0 Å². The lowest BCUT2D eigenvalue weighted by atomic mass is 9.99. The Morgan fingerprint density at radius 2 is 1.46 bits per heavy atom. The van der Waals surface area contributed by atoms with Crippen molar-refractivity contribution in [1.29, 1.82) is 0 Å². The summed E-state index contributed by atoms with van der Waals surface area (Å²) in [7, 11) is 0. The summed E-state index contributed by atoms with van der Waals surface area (Å²) in [5.41, 5.74) is 4.58. The molecule has 0 unspecified atom stereocenters. The highest BCUT2D eigenvalue weighted by Gasteiger charge is 2.25. The van der Waals surface area contributed by atoms with Crippen LogP contribution in [0.25, 0.3) is 0 Å². The number of hydrogen-bond acceptors (Lipinski definition) is 0. The second-order valence-corrected chi connectivity index (χ2v) is 3.58. The van der Waals surface area contributed by atoms with E-state index in [1.165, 1.54) is 24.0 Å². The zero-order valence-corrected chi connectivity index (χ0v) is 9.22. The maximum atomic E-state index is 2.22. The smallest absolute Gasteiger partial charge is 0.0156 e. The van der Waals surface area contributed by atoms with Gasteiger partial charge in [0.05, 0.1) is 0 Å². The Labute approximate surface area is 82.0 Å². The van der Waals surface area contributed by atoms with E-state index < -0.39 is 0 Å². The van der Waals surface area contributed by atoms with Crippen LogP contribution < -0.4 is 0 Å². The fourth-order valence-corrected chi connectivity index (χ4v) is 1.84. The maximum Gasteiger partial charge on any atom is -0.0156 e. The highest BCUT2D eigenvalue weighted by atomic mass is 14.3. The zero-order valence-electron chi connectivity index (χ0n) is 9.22. The lowest BCUT2D eigenvalue weighted by Gasteiger charge is -2.06. The highest BCUT2D eigenvalue weighted by molar-refractivity contribution is 5.38. The van der Waals surface area contributed by atoms with Gasteiger partial charge >= 0.3 is 0 Å². The molecule has 1 aromatic carbocycles. The van der Waals surface area contributed by atoms with Crippen molar-refractivity contribution in [1.82, 2.24) is 0 Å². The molecular weight excluding hydrogens is 156 g/mol. The van der Waals surface area contributed by atoms with Crippen LogP contribution in [-0.4, -0.2) is 0 Å². The Morgan fingerprint density at radius 1 is 1.00 bits per heavy atom. The van der Waals surface area contributed by atoms with Crippen molar-refractivity contribution < 1.29 is 0 Å². The molecule has 0 radical (unpaired) electrons. The zero-order chi connectivity index (χ0) is 9.84. The van der Waals surface area contributed by atoms with Crippen molar-refractivity contribution in [3.8, 4) is 0 Å². The van der Waals surface area contributed by atoms with Crippen molar-refractivity contribution in [3.05, 3.63) is 34.9 Å². The summed E-state index contributed by atoms with van der Waals surface area (Å²) in [5.74, 6) is 0.899. The molecule has 1 saturated carbocycles. The van der Waals surface area contributed by atoms with Gasteiger partial charge < -0.3 is 0 Å². The third kappa shape index (κ3) is 2.33. The van der Waals surface area contributed by atoms with Crippen molar-refractivity contribution in [2.75, 3.05) is 0 Å². The van der Waals surface area contributed by atoms with Gasteiger partial charge in [0.25, 0.3) is 0 Å². The fraction of sp³-hybridized carbons (Fsp3) is 0.538. The maximum absolute atomic E-state index is 2.22. The molecule has 1 aliphatic rings. The molecule has 0 aromatic heterocycles. The van der Waals surface area contributed by atoms with Gasteiger partial charge in [-0.2, -0.15) is 0 Å². The first kappa shape index (κ1) is 10.3. The van der Waals surface area contributed by atoms with Crippen LogP contribution in [-0.2, 0) is 0 Å². The van der Waals surface area contributed by atoms with E-state index in [9.17, 15) is 0 Å². The number of hydrogen-bond donors (Lipinski definition) is 0. The summed E-state index contributed by atoms with van der Waals surface area (Å²) in [6.45, 7) is 8.45. The molecule has 0 N–H and O–H groups in total. The van der Waals surface area contributed by atoms with Crippen LogP contribution in [0.4, 0.5) is 0 Å². The van der Waals surface area contributed by atoms with E-state index >= 15 is 0 Å². The Balaban J connectivity index is 0.000000396. The van der Waals surface area contributed by atoms with Gasteiger partial charge in [0.1, 0.15) is 0 Å². The summed E-state index contributed by atoms with van der Waals surface area (Å²) < 4.78 is 0. The first-order valence-corrected chi connectivity index (χ1v) is 5.35. The molecule has 0 spiro atoms. The standard InChI is InChI=1S/C11H14.C2H6/c1-8-4-3-5-9(2)11(8)10-6-7-10;1-2/h3-5,10H,6-7H2,1-2H3;1-2H3. The Morgan fingerprint density at radius 3 is 1.85 bits per heavy atom. The third-order valence-corrected chi connectivity index (χ3v) is 2.53. The van der Waals surface area contributed by atoms with Gasteiger partial charge in [-0.3, -0.25) is 0 Å². The largest absolute Gasteiger partial charge is 0.0683 e. The van der Waals surface area contributed by atoms with E-state index in [4.69, 9.17) is 0 Å². The van der Waals surface area contributed by atoms with E-state index in [0.717, 1.165) is 5.92 Å². The van der Waals surface area contributed by atoms with E-state index in [0.29, 0.717) is 0 Å². The molecule has 0 saturated heterocycles. The monoisotopic (exact) mass is 176 g/mol. The van der Waals surface area contributed by atoms with Gasteiger partial charge in [-0.1, -0.05) is 32.0 Å². The van der Waals surface area contributed by atoms with E-state index in [-0.39, 0.29) is 0 Å². The number of aryl methyl sites for hydroxylation is 2. The second-order valence-electron chi connectivity index (χ2n) is 3.58. The van der Waals surface area contributed by atoms with Crippen molar-refractivity contribution in [2.24, 2.45) is 0 Å². The molecule has 1 aromatic rings. The second kappa shape index (κ2) is 4.45. The van der Waals surface area contributed by atoms with Crippen molar-refractivity contribution in [3.63, 3.8) is 0 Å². The van der Waals surface area contributed by atoms with Crippen LogP contribution in [0.5, 0.6) is 0 Å². The quantitative estimate of drug-likeness (QED) is 0.601. The summed E-state index contributed by atoms with van der Waals surface area (Å²) in [5, 5.41) is 0. The molecule has 1 fully saturated rings. The molecule has 0 aliphatic heterocycles. The van der Waals surface area contributed by atoms with E-state index in [1.807, 2.05) is 13.8 Å². The lowest BCUT2D eigenvalue weighted by molar-refractivity contribution is 1.07. The molecule has 0 atom stereocenters. The first-order valence-electron chi connectivity index (χ1n) is 5.35. The predicted octanol–water partition coefficient (Wildman–Crippen LogP) is 4.21. The van der Waals surface area contributed by atoms with Crippen molar-refractivity contribution in [2.45, 2.75) is 46.5 Å². The Kier molecular flexibility index (Phi) is 3.53. The molecule has 72 valence electrons. The fourth-order valence-electron chi connectivity index (χ4n) is 1.84. The lowest BCUT2D eigenvalue weighted by Crippen LogP contribution is -1.89. The molecule has 0 nitrogen and oxygen atoms in total. The van der Waals surface area contributed by atoms with Gasteiger partial charge in [-0.15, -0.1) is 0 Å². The average Bonchev–Trinajstić information content (AvgIpc) is 2.92. The minimum atomic E-state index is 0.899. The minimum Gasteiger partial charge on any atom is -0.0683 e. The van der Waals surface area contributed by atoms with Crippen molar-refractivity contribution >= 4 is 0 Å². The Bertz CT molecular complexity index is 249. The van der Waals surface area contributed by atoms with Crippen LogP contribution in [0.2, 0.25) is 0 Å². The summed E-state index contributed by atoms with van der Waals surface area (Å²) in [4.78, 5) is 0. The highest BCUT2D eigenvalue weighted by Crippen LogP contribution is 2.42. The third-order valence-electron chi connectivity index (χ3n) is 2.53. The van der Waals surface area contributed by atoms with E-state index in [1.54, 1.807) is 5.56 Å². The van der Waals surface area contributed by atoms with Crippen LogP contribution in [0.1, 0.15) is 49.3 Å². The van der Waals surface area contributed by atoms with Crippen LogP contribution >= 0.6 is 0 Å². The molecule has 0 bridgehead atoms. The number of benzene rings is 1. The van der Waals surface area contributed by atoms with Crippen LogP contribution in [0.15, 0.2) is 18.2 Å². The van der Waals surface area contributed by atoms with Gasteiger partial charge in [0, 0.05) is 0 Å². The summed E-state index contributed by atoms with van der Waals surface area (Å²) in [6.07, 6.45) is 2.82.